The minimum absolute atomic E-state index is 0.0223. The molecule has 1 aromatic rings. The number of nitrogens with one attached hydrogen (secondary N) is 4. The minimum Gasteiger partial charge on any atom is -0.379 e. The minimum atomic E-state index is -0.780. The fraction of sp³-hybridized carbons (Fsp3) is 0.766. The van der Waals surface area contributed by atoms with Crippen molar-refractivity contribution in [2.24, 2.45) is 41.4 Å². The zero-order chi connectivity index (χ0) is 44.7. The first-order valence-corrected chi connectivity index (χ1v) is 22.7. The number of carbonyl (C=O) groups excluding carboxylic acids is 5. The molecule has 0 bridgehead atoms. The zero-order valence-corrected chi connectivity index (χ0v) is 38.9. The zero-order valence-electron chi connectivity index (χ0n) is 38.9. The summed E-state index contributed by atoms with van der Waals surface area (Å²) in [4.78, 5) is 73.4. The molecule has 0 aliphatic carbocycles. The third kappa shape index (κ3) is 14.0. The van der Waals surface area contributed by atoms with Gasteiger partial charge in [0, 0.05) is 46.7 Å². The lowest BCUT2D eigenvalue weighted by Gasteiger charge is -2.41. The van der Waals surface area contributed by atoms with E-state index in [9.17, 15) is 24.0 Å². The van der Waals surface area contributed by atoms with Crippen LogP contribution in [0.25, 0.3) is 0 Å². The lowest BCUT2D eigenvalue weighted by molar-refractivity contribution is -0.148. The maximum absolute atomic E-state index is 14.4. The maximum Gasteiger partial charge on any atom is 0.245 e. The van der Waals surface area contributed by atoms with Crippen LogP contribution in [0.3, 0.4) is 0 Å². The van der Waals surface area contributed by atoms with Crippen LogP contribution >= 0.6 is 0 Å². The van der Waals surface area contributed by atoms with E-state index in [4.69, 9.17) is 9.47 Å². The molecule has 3 rings (SSSR count). The Morgan fingerprint density at radius 1 is 0.833 bits per heavy atom. The molecule has 4 N–H and O–H groups in total. The van der Waals surface area contributed by atoms with Gasteiger partial charge in [0.05, 0.1) is 36.6 Å². The fourth-order valence-corrected chi connectivity index (χ4v) is 9.48. The van der Waals surface area contributed by atoms with Gasteiger partial charge in [-0.25, -0.2) is 0 Å². The first kappa shape index (κ1) is 50.8. The lowest BCUT2D eigenvalue weighted by Crippen LogP contribution is -2.58. The van der Waals surface area contributed by atoms with Gasteiger partial charge in [-0.1, -0.05) is 99.1 Å². The number of hydrogen-bond donors (Lipinski definition) is 4. The Kier molecular flexibility index (Phi) is 21.0. The predicted molar refractivity (Wildman–Crippen MR) is 237 cm³/mol. The van der Waals surface area contributed by atoms with Gasteiger partial charge in [-0.2, -0.15) is 0 Å². The van der Waals surface area contributed by atoms with Gasteiger partial charge in [0.2, 0.25) is 29.5 Å². The number of likely N-dealkylation sites (tertiary alicyclic amines) is 1. The van der Waals surface area contributed by atoms with Crippen LogP contribution < -0.4 is 21.3 Å². The molecule has 0 aromatic heterocycles. The van der Waals surface area contributed by atoms with Crippen molar-refractivity contribution in [2.75, 3.05) is 47.4 Å². The van der Waals surface area contributed by atoms with Gasteiger partial charge >= 0.3 is 0 Å². The van der Waals surface area contributed by atoms with Gasteiger partial charge in [-0.05, 0) is 73.9 Å². The highest BCUT2D eigenvalue weighted by Gasteiger charge is 2.43. The SMILES string of the molecule is CC[C@H](C)[C@@H]([C@@H](CC(=O)N1CCC[C@H]1[C@H](OC)[C@@H](C)C(=O)N[C@@H](Cc1ccccc1)C(=O)NCC1CCNCC1)OC)N(C)C(=O)[C@@H](NC(=O)C(C(C)C)C(C)C)C(C)C. The highest BCUT2D eigenvalue weighted by atomic mass is 16.5. The summed E-state index contributed by atoms with van der Waals surface area (Å²) >= 11 is 0. The van der Waals surface area contributed by atoms with Crippen LogP contribution in [0.5, 0.6) is 0 Å². The van der Waals surface area contributed by atoms with E-state index in [0.717, 1.165) is 44.3 Å². The summed E-state index contributed by atoms with van der Waals surface area (Å²) in [7, 11) is 4.89. The number of piperidine rings is 1. The number of amides is 5. The van der Waals surface area contributed by atoms with Crippen molar-refractivity contribution >= 4 is 29.5 Å². The number of rotatable bonds is 23. The van der Waals surface area contributed by atoms with E-state index in [2.05, 4.69) is 35.1 Å². The Morgan fingerprint density at radius 2 is 1.47 bits per heavy atom. The summed E-state index contributed by atoms with van der Waals surface area (Å²) < 4.78 is 12.1. The summed E-state index contributed by atoms with van der Waals surface area (Å²) in [6, 6.07) is 7.31. The molecule has 13 nitrogen and oxygen atoms in total. The van der Waals surface area contributed by atoms with E-state index in [0.29, 0.717) is 31.8 Å². The molecule has 2 aliphatic rings. The van der Waals surface area contributed by atoms with Crippen molar-refractivity contribution in [1.29, 1.82) is 0 Å². The topological polar surface area (TPSA) is 158 Å². The van der Waals surface area contributed by atoms with Crippen LogP contribution in [0, 0.1) is 41.4 Å². The Bertz CT molecular complexity index is 1490. The average Bonchev–Trinajstić information content (AvgIpc) is 3.71. The van der Waals surface area contributed by atoms with Gasteiger partial charge in [-0.15, -0.1) is 0 Å². The lowest BCUT2D eigenvalue weighted by atomic mass is 9.84. The normalized spacial score (nSPS) is 19.7. The quantitative estimate of drug-likeness (QED) is 0.122. The van der Waals surface area contributed by atoms with Gasteiger partial charge in [0.25, 0.3) is 0 Å². The number of ether oxygens (including phenoxy) is 2. The molecule has 2 saturated heterocycles. The summed E-state index contributed by atoms with van der Waals surface area (Å²) in [5.74, 6) is -1.49. The second-order valence-electron chi connectivity index (χ2n) is 18.5. The highest BCUT2D eigenvalue weighted by molar-refractivity contribution is 5.90. The van der Waals surface area contributed by atoms with Crippen LogP contribution in [0.4, 0.5) is 0 Å². The van der Waals surface area contributed by atoms with E-state index in [-0.39, 0.29) is 71.6 Å². The van der Waals surface area contributed by atoms with Crippen LogP contribution in [-0.4, -0.2) is 123 Å². The Morgan fingerprint density at radius 3 is 2.02 bits per heavy atom. The van der Waals surface area contributed by atoms with Gasteiger partial charge < -0.3 is 40.5 Å². The molecule has 0 unspecified atom stereocenters. The molecule has 60 heavy (non-hydrogen) atoms. The second kappa shape index (κ2) is 24.8. The number of hydrogen-bond acceptors (Lipinski definition) is 8. The number of benzene rings is 1. The number of carbonyl (C=O) groups is 5. The molecule has 0 saturated carbocycles. The molecule has 5 amide bonds. The average molecular weight is 841 g/mol. The van der Waals surface area contributed by atoms with E-state index in [1.54, 1.807) is 33.1 Å². The monoisotopic (exact) mass is 841 g/mol. The molecule has 2 heterocycles. The second-order valence-corrected chi connectivity index (χ2v) is 18.5. The number of methoxy groups -OCH3 is 2. The van der Waals surface area contributed by atoms with Gasteiger partial charge in [0.1, 0.15) is 12.1 Å². The van der Waals surface area contributed by atoms with Crippen molar-refractivity contribution in [2.45, 2.75) is 144 Å². The van der Waals surface area contributed by atoms with Crippen molar-refractivity contribution in [1.82, 2.24) is 31.1 Å². The summed E-state index contributed by atoms with van der Waals surface area (Å²) in [6.45, 7) is 20.8. The Balaban J connectivity index is 1.78. The summed E-state index contributed by atoms with van der Waals surface area (Å²) in [6.07, 6.45) is 3.23. The van der Waals surface area contributed by atoms with E-state index in [1.807, 2.05) is 76.8 Å². The van der Waals surface area contributed by atoms with Crippen molar-refractivity contribution in [3.63, 3.8) is 0 Å². The van der Waals surface area contributed by atoms with Crippen LogP contribution in [0.2, 0.25) is 0 Å². The van der Waals surface area contributed by atoms with Crippen molar-refractivity contribution in [3.05, 3.63) is 35.9 Å². The first-order chi connectivity index (χ1) is 28.5. The highest BCUT2D eigenvalue weighted by Crippen LogP contribution is 2.30. The van der Waals surface area contributed by atoms with Crippen LogP contribution in [-0.2, 0) is 39.9 Å². The Hall–Kier alpha value is -3.55. The van der Waals surface area contributed by atoms with Gasteiger partial charge in [0.15, 0.2) is 0 Å². The van der Waals surface area contributed by atoms with Crippen molar-refractivity contribution < 1.29 is 33.4 Å². The molecule has 0 radical (unpaired) electrons. The largest absolute Gasteiger partial charge is 0.379 e. The smallest absolute Gasteiger partial charge is 0.245 e. The molecular formula is C47H80N6O7. The first-order valence-electron chi connectivity index (χ1n) is 22.7. The van der Waals surface area contributed by atoms with Crippen LogP contribution in [0.1, 0.15) is 106 Å². The van der Waals surface area contributed by atoms with Crippen LogP contribution in [0.15, 0.2) is 30.3 Å². The maximum atomic E-state index is 14.4. The Labute approximate surface area is 361 Å². The predicted octanol–water partition coefficient (Wildman–Crippen LogP) is 4.82. The molecule has 1 aromatic carbocycles. The van der Waals surface area contributed by atoms with E-state index >= 15 is 0 Å². The molecule has 13 heteroatoms. The standard InChI is InChI=1S/C47H80N6O7/c1-13-32(8)42(52(10)47(58)41(31(6)7)51-46(57)40(29(2)3)30(4)5)38(59-11)27-39(54)53-25-17-20-37(53)43(60-12)33(9)44(55)50-36(26-34-18-15-14-16-19-34)45(56)49-28-35-21-23-48-24-22-35/h14-16,18-19,29-33,35-38,40-43,48H,13,17,20-28H2,1-12H3,(H,49,56)(H,50,55)(H,51,57)/t32-,33+,36-,37-,38+,41-,42-,43+/m0/s1. The third-order valence-electron chi connectivity index (χ3n) is 13.2. The molecule has 340 valence electrons. The number of nitrogens with zero attached hydrogens (tertiary/aromatic N) is 2. The molecule has 2 fully saturated rings. The summed E-state index contributed by atoms with van der Waals surface area (Å²) in [5.41, 5.74) is 0.939. The van der Waals surface area contributed by atoms with E-state index in [1.165, 1.54) is 0 Å². The van der Waals surface area contributed by atoms with Gasteiger partial charge in [-0.3, -0.25) is 24.0 Å². The third-order valence-corrected chi connectivity index (χ3v) is 13.2. The van der Waals surface area contributed by atoms with Crippen molar-refractivity contribution in [3.8, 4) is 0 Å². The van der Waals surface area contributed by atoms with E-state index < -0.39 is 36.3 Å². The molecule has 0 spiro atoms. The number of likely N-dealkylation sites (N-methyl/N-ethyl adjacent to an activating group) is 1. The molecule has 2 aliphatic heterocycles. The summed E-state index contributed by atoms with van der Waals surface area (Å²) in [5, 5.41) is 12.6. The molecule has 8 atom stereocenters. The fourth-order valence-electron chi connectivity index (χ4n) is 9.48. The molecular weight excluding hydrogens is 761 g/mol.